The molecule has 1 saturated carbocycles. The molecular weight excluding hydrogens is 210 g/mol. The highest BCUT2D eigenvalue weighted by Crippen LogP contribution is 2.60. The summed E-state index contributed by atoms with van der Waals surface area (Å²) in [6.07, 6.45) is 0. The van der Waals surface area contributed by atoms with E-state index in [1.54, 1.807) is 34.6 Å². The van der Waals surface area contributed by atoms with Crippen molar-refractivity contribution in [2.75, 3.05) is 0 Å². The molecule has 16 heavy (non-hydrogen) atoms. The van der Waals surface area contributed by atoms with Crippen LogP contribution in [-0.2, 0) is 14.3 Å². The smallest absolute Gasteiger partial charge is 0.325 e. The Bertz CT molecular complexity index is 342. The molecule has 0 spiro atoms. The monoisotopic (exact) mass is 229 g/mol. The van der Waals surface area contributed by atoms with Crippen molar-refractivity contribution in [3.05, 3.63) is 0 Å². The minimum Gasteiger partial charge on any atom is -0.480 e. The fourth-order valence-electron chi connectivity index (χ4n) is 2.04. The zero-order valence-electron chi connectivity index (χ0n) is 10.3. The van der Waals surface area contributed by atoms with Crippen LogP contribution in [0.5, 0.6) is 0 Å². The Kier molecular flexibility index (Phi) is 2.59. The first-order valence-corrected chi connectivity index (χ1v) is 5.19. The minimum atomic E-state index is -1.50. The lowest BCUT2D eigenvalue weighted by molar-refractivity contribution is -0.159. The van der Waals surface area contributed by atoms with Gasteiger partial charge >= 0.3 is 11.9 Å². The van der Waals surface area contributed by atoms with Gasteiger partial charge in [0.05, 0.1) is 5.92 Å². The van der Waals surface area contributed by atoms with Gasteiger partial charge < -0.3 is 15.6 Å². The van der Waals surface area contributed by atoms with Crippen LogP contribution >= 0.6 is 0 Å². The van der Waals surface area contributed by atoms with E-state index in [2.05, 4.69) is 0 Å². The van der Waals surface area contributed by atoms with Gasteiger partial charge in [0.15, 0.2) is 0 Å². The molecule has 0 saturated heterocycles. The summed E-state index contributed by atoms with van der Waals surface area (Å²) in [5.74, 6) is -2.48. The van der Waals surface area contributed by atoms with Crippen molar-refractivity contribution >= 4 is 11.9 Å². The number of hydrogen-bond acceptors (Lipinski definition) is 4. The third-order valence-corrected chi connectivity index (χ3v) is 3.16. The van der Waals surface area contributed by atoms with Gasteiger partial charge in [0.25, 0.3) is 0 Å². The van der Waals surface area contributed by atoms with Crippen LogP contribution in [0.1, 0.15) is 34.6 Å². The second kappa shape index (κ2) is 3.20. The molecular formula is C11H19NO4. The van der Waals surface area contributed by atoms with Crippen molar-refractivity contribution in [1.82, 2.24) is 0 Å². The van der Waals surface area contributed by atoms with Gasteiger partial charge in [0.1, 0.15) is 11.1 Å². The maximum atomic E-state index is 11.8. The first-order valence-electron chi connectivity index (χ1n) is 5.19. The van der Waals surface area contributed by atoms with E-state index in [9.17, 15) is 9.59 Å². The quantitative estimate of drug-likeness (QED) is 0.682. The van der Waals surface area contributed by atoms with E-state index < -0.39 is 34.4 Å². The van der Waals surface area contributed by atoms with Crippen molar-refractivity contribution in [3.8, 4) is 0 Å². The molecule has 1 fully saturated rings. The molecule has 5 nitrogen and oxygen atoms in total. The number of rotatable bonds is 2. The van der Waals surface area contributed by atoms with Crippen LogP contribution in [0.4, 0.5) is 0 Å². The van der Waals surface area contributed by atoms with Gasteiger partial charge in [-0.05, 0) is 20.8 Å². The number of carbonyl (C=O) groups excluding carboxylic acids is 1. The number of nitrogens with two attached hydrogens (primary N) is 1. The summed E-state index contributed by atoms with van der Waals surface area (Å²) in [6.45, 7) is 8.53. The summed E-state index contributed by atoms with van der Waals surface area (Å²) in [5.41, 5.74) is 2.83. The molecule has 92 valence electrons. The summed E-state index contributed by atoms with van der Waals surface area (Å²) in [5, 5.41) is 9.03. The molecule has 0 heterocycles. The third kappa shape index (κ3) is 1.69. The summed E-state index contributed by atoms with van der Waals surface area (Å²) in [6, 6.07) is 0. The third-order valence-electron chi connectivity index (χ3n) is 3.16. The normalized spacial score (nSPS) is 32.0. The lowest BCUT2D eigenvalue weighted by Gasteiger charge is -2.20. The lowest BCUT2D eigenvalue weighted by Crippen LogP contribution is -2.40. The van der Waals surface area contributed by atoms with Crippen LogP contribution in [0, 0.1) is 11.3 Å². The Morgan fingerprint density at radius 3 is 2.00 bits per heavy atom. The SMILES string of the molecule is CC(C)(C)OC(=O)C1C(C)(C)C1(N)C(=O)O. The maximum Gasteiger partial charge on any atom is 0.325 e. The molecule has 1 rings (SSSR count). The van der Waals surface area contributed by atoms with Crippen molar-refractivity contribution in [3.63, 3.8) is 0 Å². The van der Waals surface area contributed by atoms with E-state index >= 15 is 0 Å². The number of hydrogen-bond donors (Lipinski definition) is 2. The second-order valence-electron chi connectivity index (χ2n) is 5.86. The van der Waals surface area contributed by atoms with Crippen LogP contribution in [0.25, 0.3) is 0 Å². The molecule has 0 bridgehead atoms. The molecule has 0 amide bonds. The highest BCUT2D eigenvalue weighted by molar-refractivity contribution is 5.96. The molecule has 2 atom stereocenters. The first-order chi connectivity index (χ1) is 6.94. The fourth-order valence-corrected chi connectivity index (χ4v) is 2.04. The predicted molar refractivity (Wildman–Crippen MR) is 57.7 cm³/mol. The zero-order valence-corrected chi connectivity index (χ0v) is 10.3. The van der Waals surface area contributed by atoms with E-state index in [4.69, 9.17) is 15.6 Å². The average molecular weight is 229 g/mol. The summed E-state index contributed by atoms with van der Waals surface area (Å²) >= 11 is 0. The Balaban J connectivity index is 2.86. The van der Waals surface area contributed by atoms with Crippen molar-refractivity contribution in [2.24, 2.45) is 17.1 Å². The lowest BCUT2D eigenvalue weighted by atomic mass is 10.1. The number of carboxylic acid groups (broad SMARTS) is 1. The van der Waals surface area contributed by atoms with Gasteiger partial charge in [-0.2, -0.15) is 0 Å². The molecule has 0 radical (unpaired) electrons. The Morgan fingerprint density at radius 2 is 1.75 bits per heavy atom. The van der Waals surface area contributed by atoms with Crippen molar-refractivity contribution in [2.45, 2.75) is 45.8 Å². The molecule has 0 aliphatic heterocycles. The molecule has 1 aliphatic carbocycles. The van der Waals surface area contributed by atoms with Gasteiger partial charge in [0, 0.05) is 5.41 Å². The summed E-state index contributed by atoms with van der Waals surface area (Å²) in [4.78, 5) is 22.8. The first kappa shape index (κ1) is 13.0. The summed E-state index contributed by atoms with van der Waals surface area (Å²) < 4.78 is 5.16. The highest BCUT2D eigenvalue weighted by Gasteiger charge is 2.78. The standard InChI is InChI=1S/C11H19NO4/c1-9(2,3)16-7(13)6-10(4,5)11(6,12)8(14)15/h6H,12H2,1-5H3,(H,14,15). The second-order valence-corrected chi connectivity index (χ2v) is 5.86. The van der Waals surface area contributed by atoms with Gasteiger partial charge in [0.2, 0.25) is 0 Å². The van der Waals surface area contributed by atoms with E-state index in [0.29, 0.717) is 0 Å². The maximum absolute atomic E-state index is 11.8. The molecule has 3 N–H and O–H groups in total. The Hall–Kier alpha value is -1.10. The van der Waals surface area contributed by atoms with Crippen LogP contribution in [0.15, 0.2) is 0 Å². The molecule has 0 aromatic rings. The van der Waals surface area contributed by atoms with Crippen LogP contribution in [-0.4, -0.2) is 28.2 Å². The topological polar surface area (TPSA) is 89.6 Å². The van der Waals surface area contributed by atoms with Crippen LogP contribution in [0.3, 0.4) is 0 Å². The van der Waals surface area contributed by atoms with Gasteiger partial charge in [-0.25, -0.2) is 0 Å². The molecule has 0 aromatic heterocycles. The number of esters is 1. The number of ether oxygens (including phenoxy) is 1. The largest absolute Gasteiger partial charge is 0.480 e. The van der Waals surface area contributed by atoms with Crippen LogP contribution < -0.4 is 5.73 Å². The van der Waals surface area contributed by atoms with Gasteiger partial charge in [-0.15, -0.1) is 0 Å². The van der Waals surface area contributed by atoms with Crippen molar-refractivity contribution in [1.29, 1.82) is 0 Å². The molecule has 0 aromatic carbocycles. The van der Waals surface area contributed by atoms with Crippen molar-refractivity contribution < 1.29 is 19.4 Å². The molecule has 5 heteroatoms. The minimum absolute atomic E-state index is 0.539. The van der Waals surface area contributed by atoms with Gasteiger partial charge in [-0.1, -0.05) is 13.8 Å². The molecule has 1 aliphatic rings. The van der Waals surface area contributed by atoms with E-state index in [1.807, 2.05) is 0 Å². The number of carbonyl (C=O) groups is 2. The zero-order chi connectivity index (χ0) is 12.9. The Labute approximate surface area is 95.0 Å². The summed E-state index contributed by atoms with van der Waals surface area (Å²) in [7, 11) is 0. The number of aliphatic carboxylic acids is 1. The average Bonchev–Trinajstić information content (AvgIpc) is 2.43. The van der Waals surface area contributed by atoms with E-state index in [0.717, 1.165) is 0 Å². The van der Waals surface area contributed by atoms with Gasteiger partial charge in [-0.3, -0.25) is 9.59 Å². The molecule has 2 unspecified atom stereocenters. The highest BCUT2D eigenvalue weighted by atomic mass is 16.6. The fraction of sp³-hybridized carbons (Fsp3) is 0.818. The Morgan fingerprint density at radius 1 is 1.31 bits per heavy atom. The predicted octanol–water partition coefficient (Wildman–Crippen LogP) is 0.766. The van der Waals surface area contributed by atoms with E-state index in [1.165, 1.54) is 0 Å². The number of carboxylic acids is 1. The van der Waals surface area contributed by atoms with E-state index in [-0.39, 0.29) is 0 Å². The van der Waals surface area contributed by atoms with Crippen LogP contribution in [0.2, 0.25) is 0 Å².